The molecule has 0 aliphatic rings. The van der Waals surface area contributed by atoms with Gasteiger partial charge in [-0.1, -0.05) is 13.8 Å². The zero-order valence-corrected chi connectivity index (χ0v) is 12.8. The maximum absolute atomic E-state index is 13.2. The number of halogens is 2. The van der Waals surface area contributed by atoms with Crippen molar-refractivity contribution in [3.8, 4) is 0 Å². The molecule has 0 aliphatic heterocycles. The summed E-state index contributed by atoms with van der Waals surface area (Å²) < 4.78 is 15.3. The van der Waals surface area contributed by atoms with Gasteiger partial charge in [0.1, 0.15) is 11.6 Å². The fourth-order valence-corrected chi connectivity index (χ4v) is 2.70. The number of hydrogen-bond donors (Lipinski definition) is 0. The molecule has 0 aliphatic carbocycles. The van der Waals surface area contributed by atoms with Gasteiger partial charge < -0.3 is 9.47 Å². The van der Waals surface area contributed by atoms with Crippen LogP contribution in [0.1, 0.15) is 26.1 Å². The van der Waals surface area contributed by atoms with Gasteiger partial charge in [0.05, 0.1) is 16.9 Å². The lowest BCUT2D eigenvalue weighted by atomic mass is 10.3. The molecule has 0 fully saturated rings. The van der Waals surface area contributed by atoms with Crippen LogP contribution >= 0.6 is 11.6 Å². The zero-order chi connectivity index (χ0) is 14.5. The Morgan fingerprint density at radius 1 is 1.30 bits per heavy atom. The first-order valence-corrected chi connectivity index (χ1v) is 7.66. The minimum atomic E-state index is -0.258. The number of alkyl halides is 1. The predicted octanol–water partition coefficient (Wildman–Crippen LogP) is 3.65. The molecule has 0 atom stereocenters. The second-order valence-corrected chi connectivity index (χ2v) is 5.09. The summed E-state index contributed by atoms with van der Waals surface area (Å²) in [5, 5.41) is 0. The number of imidazole rings is 1. The molecule has 0 spiro atoms. The maximum Gasteiger partial charge on any atom is 0.125 e. The molecule has 2 aromatic rings. The van der Waals surface area contributed by atoms with E-state index < -0.39 is 0 Å². The van der Waals surface area contributed by atoms with Crippen LogP contribution < -0.4 is 0 Å². The zero-order valence-electron chi connectivity index (χ0n) is 12.1. The van der Waals surface area contributed by atoms with E-state index in [1.165, 1.54) is 12.1 Å². The number of hydrogen-bond acceptors (Lipinski definition) is 2. The van der Waals surface area contributed by atoms with E-state index >= 15 is 0 Å². The lowest BCUT2D eigenvalue weighted by molar-refractivity contribution is 0.293. The molecule has 1 heterocycles. The third kappa shape index (κ3) is 3.30. The average molecular weight is 298 g/mol. The molecule has 3 nitrogen and oxygen atoms in total. The van der Waals surface area contributed by atoms with Crippen molar-refractivity contribution in [2.75, 3.05) is 19.6 Å². The van der Waals surface area contributed by atoms with Crippen molar-refractivity contribution in [3.05, 3.63) is 29.8 Å². The second-order valence-electron chi connectivity index (χ2n) is 4.83. The summed E-state index contributed by atoms with van der Waals surface area (Å²) in [6.45, 7) is 8.38. The smallest absolute Gasteiger partial charge is 0.125 e. The molecule has 0 saturated heterocycles. The van der Waals surface area contributed by atoms with Crippen LogP contribution in [0.2, 0.25) is 0 Å². The molecule has 1 aromatic heterocycles. The Balaban J connectivity index is 2.15. The highest BCUT2D eigenvalue weighted by molar-refractivity contribution is 6.16. The van der Waals surface area contributed by atoms with E-state index in [0.717, 1.165) is 43.9 Å². The molecule has 0 amide bonds. The maximum atomic E-state index is 13.2. The summed E-state index contributed by atoms with van der Waals surface area (Å²) in [5.41, 5.74) is 1.64. The Morgan fingerprint density at radius 2 is 2.05 bits per heavy atom. The average Bonchev–Trinajstić information content (AvgIpc) is 2.80. The van der Waals surface area contributed by atoms with Crippen LogP contribution in [0.3, 0.4) is 0 Å². The molecule has 2 rings (SSSR count). The highest BCUT2D eigenvalue weighted by Gasteiger charge is 2.10. The van der Waals surface area contributed by atoms with E-state index in [9.17, 15) is 4.39 Å². The molecule has 1 aromatic carbocycles. The molecule has 0 radical (unpaired) electrons. The van der Waals surface area contributed by atoms with Gasteiger partial charge in [0.15, 0.2) is 0 Å². The number of benzene rings is 1. The quantitative estimate of drug-likeness (QED) is 0.728. The van der Waals surface area contributed by atoms with E-state index in [0.29, 0.717) is 11.4 Å². The van der Waals surface area contributed by atoms with Crippen LogP contribution in [0.4, 0.5) is 4.39 Å². The van der Waals surface area contributed by atoms with Gasteiger partial charge in [-0.05, 0) is 38.2 Å². The highest BCUT2D eigenvalue weighted by atomic mass is 35.5. The molecule has 0 unspecified atom stereocenters. The topological polar surface area (TPSA) is 21.1 Å². The van der Waals surface area contributed by atoms with Gasteiger partial charge in [-0.15, -0.1) is 11.6 Å². The summed E-state index contributed by atoms with van der Waals surface area (Å²) in [6, 6.07) is 4.72. The van der Waals surface area contributed by atoms with E-state index in [4.69, 9.17) is 11.6 Å². The number of aryl methyl sites for hydroxylation is 1. The Morgan fingerprint density at radius 3 is 2.70 bits per heavy atom. The molecule has 0 saturated carbocycles. The standard InChI is InChI=1S/C15H21ClFN3/c1-3-19(4-2)8-5-9-20-14-7-6-12(17)10-13(14)18-15(20)11-16/h6-7,10H,3-5,8-9,11H2,1-2H3. The molecular formula is C15H21ClFN3. The molecule has 110 valence electrons. The van der Waals surface area contributed by atoms with Crippen LogP contribution in [0.5, 0.6) is 0 Å². The SMILES string of the molecule is CCN(CC)CCCn1c(CCl)nc2cc(F)ccc21. The fourth-order valence-electron chi connectivity index (χ4n) is 2.50. The minimum Gasteiger partial charge on any atom is -0.327 e. The number of nitrogens with zero attached hydrogens (tertiary/aromatic N) is 3. The molecule has 0 N–H and O–H groups in total. The van der Waals surface area contributed by atoms with Crippen molar-refractivity contribution in [1.82, 2.24) is 14.5 Å². The van der Waals surface area contributed by atoms with Crippen LogP contribution in [0.25, 0.3) is 11.0 Å². The summed E-state index contributed by atoms with van der Waals surface area (Å²) in [4.78, 5) is 6.80. The summed E-state index contributed by atoms with van der Waals surface area (Å²) in [6.07, 6.45) is 1.04. The van der Waals surface area contributed by atoms with E-state index in [1.807, 2.05) is 0 Å². The Labute approximate surface area is 124 Å². The van der Waals surface area contributed by atoms with Crippen molar-refractivity contribution < 1.29 is 4.39 Å². The second kappa shape index (κ2) is 7.04. The molecule has 0 bridgehead atoms. The summed E-state index contributed by atoms with van der Waals surface area (Å²) >= 11 is 5.95. The lowest BCUT2D eigenvalue weighted by Gasteiger charge is -2.18. The number of fused-ring (bicyclic) bond motifs is 1. The molecular weight excluding hydrogens is 277 g/mol. The van der Waals surface area contributed by atoms with Gasteiger partial charge >= 0.3 is 0 Å². The normalized spacial score (nSPS) is 11.7. The van der Waals surface area contributed by atoms with Crippen LogP contribution in [-0.2, 0) is 12.4 Å². The van der Waals surface area contributed by atoms with E-state index in [-0.39, 0.29) is 5.82 Å². The largest absolute Gasteiger partial charge is 0.327 e. The molecule has 20 heavy (non-hydrogen) atoms. The first kappa shape index (κ1) is 15.3. The van der Waals surface area contributed by atoms with Gasteiger partial charge in [-0.2, -0.15) is 0 Å². The van der Waals surface area contributed by atoms with Crippen LogP contribution in [0, 0.1) is 5.82 Å². The third-order valence-electron chi connectivity index (χ3n) is 3.66. The Hall–Kier alpha value is -1.13. The number of rotatable bonds is 7. The first-order chi connectivity index (χ1) is 9.69. The predicted molar refractivity (Wildman–Crippen MR) is 81.7 cm³/mol. The van der Waals surface area contributed by atoms with Crippen molar-refractivity contribution in [2.45, 2.75) is 32.7 Å². The van der Waals surface area contributed by atoms with Gasteiger partial charge in [0.25, 0.3) is 0 Å². The van der Waals surface area contributed by atoms with E-state index in [2.05, 4.69) is 28.3 Å². The van der Waals surface area contributed by atoms with Gasteiger partial charge in [-0.25, -0.2) is 9.37 Å². The third-order valence-corrected chi connectivity index (χ3v) is 3.90. The monoisotopic (exact) mass is 297 g/mol. The van der Waals surface area contributed by atoms with Crippen LogP contribution in [0.15, 0.2) is 18.2 Å². The Bertz CT molecular complexity index is 563. The van der Waals surface area contributed by atoms with Crippen molar-refractivity contribution in [3.63, 3.8) is 0 Å². The van der Waals surface area contributed by atoms with Gasteiger partial charge in [0, 0.05) is 12.6 Å². The minimum absolute atomic E-state index is 0.258. The van der Waals surface area contributed by atoms with Crippen molar-refractivity contribution >= 4 is 22.6 Å². The van der Waals surface area contributed by atoms with Gasteiger partial charge in [-0.3, -0.25) is 0 Å². The number of aromatic nitrogens is 2. The highest BCUT2D eigenvalue weighted by Crippen LogP contribution is 2.19. The van der Waals surface area contributed by atoms with Crippen LogP contribution in [-0.4, -0.2) is 34.1 Å². The summed E-state index contributed by atoms with van der Waals surface area (Å²) in [5.74, 6) is 0.903. The fraction of sp³-hybridized carbons (Fsp3) is 0.533. The summed E-state index contributed by atoms with van der Waals surface area (Å²) in [7, 11) is 0. The van der Waals surface area contributed by atoms with Gasteiger partial charge in [0.2, 0.25) is 0 Å². The first-order valence-electron chi connectivity index (χ1n) is 7.12. The van der Waals surface area contributed by atoms with E-state index in [1.54, 1.807) is 6.07 Å². The van der Waals surface area contributed by atoms with Crippen molar-refractivity contribution in [1.29, 1.82) is 0 Å². The lowest BCUT2D eigenvalue weighted by Crippen LogP contribution is -2.25. The van der Waals surface area contributed by atoms with Crippen molar-refractivity contribution in [2.24, 2.45) is 0 Å². The molecule has 5 heteroatoms. The Kier molecular flexibility index (Phi) is 5.38.